The number of aliphatic hydroxyl groups is 1. The molecule has 3 heterocycles. The fourth-order valence-corrected chi connectivity index (χ4v) is 2.76. The first-order valence-electron chi connectivity index (χ1n) is 6.28. The van der Waals surface area contributed by atoms with Crippen molar-refractivity contribution in [2.75, 3.05) is 6.61 Å². The van der Waals surface area contributed by atoms with Gasteiger partial charge in [0, 0.05) is 0 Å². The van der Waals surface area contributed by atoms with E-state index in [2.05, 4.69) is 0 Å². The highest BCUT2D eigenvalue weighted by molar-refractivity contribution is 4.98. The lowest BCUT2D eigenvalue weighted by atomic mass is 9.98. The van der Waals surface area contributed by atoms with Crippen LogP contribution in [0.25, 0.3) is 0 Å². The lowest BCUT2D eigenvalue weighted by Gasteiger charge is -2.47. The molecule has 0 aromatic heterocycles. The third-order valence-electron chi connectivity index (χ3n) is 3.46. The number of hydrogen-bond acceptors (Lipinski definition) is 6. The minimum Gasteiger partial charge on any atom is -0.366 e. The van der Waals surface area contributed by atoms with Crippen molar-refractivity contribution in [3.63, 3.8) is 0 Å². The number of fused-ring (bicyclic) bond motifs is 3. The minimum absolute atomic E-state index is 0.288. The molecule has 3 rings (SSSR count). The Bertz CT molecular complexity index is 341. The zero-order valence-electron chi connectivity index (χ0n) is 11.1. The van der Waals surface area contributed by atoms with E-state index in [0.717, 1.165) is 0 Å². The zero-order valence-corrected chi connectivity index (χ0v) is 11.1. The van der Waals surface area contributed by atoms with Crippen LogP contribution in [-0.2, 0) is 23.7 Å². The molecular formula is C12H20O6. The van der Waals surface area contributed by atoms with E-state index in [9.17, 15) is 5.11 Å². The van der Waals surface area contributed by atoms with Crippen molar-refractivity contribution in [1.82, 2.24) is 0 Å². The summed E-state index contributed by atoms with van der Waals surface area (Å²) < 4.78 is 28.4. The van der Waals surface area contributed by atoms with Crippen molar-refractivity contribution in [3.8, 4) is 0 Å². The maximum Gasteiger partial charge on any atom is 0.184 e. The lowest BCUT2D eigenvalue weighted by molar-refractivity contribution is -0.365. The second kappa shape index (κ2) is 3.88. The molecule has 0 aliphatic carbocycles. The Balaban J connectivity index is 1.84. The molecule has 3 aliphatic rings. The Morgan fingerprint density at radius 2 is 1.50 bits per heavy atom. The van der Waals surface area contributed by atoms with Crippen molar-refractivity contribution in [2.24, 2.45) is 0 Å². The molecular weight excluding hydrogens is 240 g/mol. The van der Waals surface area contributed by atoms with Crippen LogP contribution in [0.15, 0.2) is 0 Å². The van der Waals surface area contributed by atoms with Gasteiger partial charge < -0.3 is 28.8 Å². The van der Waals surface area contributed by atoms with Gasteiger partial charge in [0.2, 0.25) is 0 Å². The molecule has 1 N–H and O–H groups in total. The quantitative estimate of drug-likeness (QED) is 0.679. The van der Waals surface area contributed by atoms with Crippen LogP contribution in [0.3, 0.4) is 0 Å². The van der Waals surface area contributed by atoms with Gasteiger partial charge in [0.25, 0.3) is 0 Å². The van der Waals surface area contributed by atoms with Crippen LogP contribution in [0.5, 0.6) is 0 Å². The average molecular weight is 260 g/mol. The van der Waals surface area contributed by atoms with E-state index in [0.29, 0.717) is 6.61 Å². The standard InChI is InChI=1S/C12H20O6/c1-11(2)14-5-6-7(16-11)8-9(10(13)15-6)18-12(3,4)17-8/h6-10,13H,5H2,1-4H3. The lowest BCUT2D eigenvalue weighted by Crippen LogP contribution is -2.63. The fourth-order valence-electron chi connectivity index (χ4n) is 2.76. The predicted molar refractivity (Wildman–Crippen MR) is 59.6 cm³/mol. The molecule has 0 aromatic rings. The van der Waals surface area contributed by atoms with E-state index >= 15 is 0 Å². The van der Waals surface area contributed by atoms with Gasteiger partial charge in [-0.25, -0.2) is 0 Å². The van der Waals surface area contributed by atoms with Crippen LogP contribution < -0.4 is 0 Å². The average Bonchev–Trinajstić information content (AvgIpc) is 2.56. The summed E-state index contributed by atoms with van der Waals surface area (Å²) >= 11 is 0. The van der Waals surface area contributed by atoms with Crippen LogP contribution >= 0.6 is 0 Å². The van der Waals surface area contributed by atoms with Gasteiger partial charge in [-0.15, -0.1) is 0 Å². The van der Waals surface area contributed by atoms with Gasteiger partial charge in [-0.1, -0.05) is 0 Å². The maximum atomic E-state index is 9.94. The summed E-state index contributed by atoms with van der Waals surface area (Å²) in [5.41, 5.74) is 0. The summed E-state index contributed by atoms with van der Waals surface area (Å²) in [5.74, 6) is -1.41. The summed E-state index contributed by atoms with van der Waals surface area (Å²) in [7, 11) is 0. The molecule has 6 nitrogen and oxygen atoms in total. The monoisotopic (exact) mass is 260 g/mol. The van der Waals surface area contributed by atoms with Crippen LogP contribution in [0, 0.1) is 0 Å². The minimum atomic E-state index is -1.01. The van der Waals surface area contributed by atoms with Crippen LogP contribution in [0.1, 0.15) is 27.7 Å². The number of ether oxygens (including phenoxy) is 5. The Kier molecular flexibility index (Phi) is 2.75. The van der Waals surface area contributed by atoms with Crippen molar-refractivity contribution < 1.29 is 28.8 Å². The molecule has 5 unspecified atom stereocenters. The topological polar surface area (TPSA) is 66.4 Å². The van der Waals surface area contributed by atoms with Crippen molar-refractivity contribution >= 4 is 0 Å². The second-order valence-corrected chi connectivity index (χ2v) is 5.92. The third kappa shape index (κ3) is 2.07. The number of hydrogen-bond donors (Lipinski definition) is 1. The molecule has 0 amide bonds. The third-order valence-corrected chi connectivity index (χ3v) is 3.46. The van der Waals surface area contributed by atoms with Crippen molar-refractivity contribution in [3.05, 3.63) is 0 Å². The van der Waals surface area contributed by atoms with Crippen LogP contribution in [0.4, 0.5) is 0 Å². The summed E-state index contributed by atoms with van der Waals surface area (Å²) in [6.45, 7) is 7.71. The highest BCUT2D eigenvalue weighted by Gasteiger charge is 2.58. The summed E-state index contributed by atoms with van der Waals surface area (Å²) in [4.78, 5) is 0. The van der Waals surface area contributed by atoms with Gasteiger partial charge in [-0.2, -0.15) is 0 Å². The van der Waals surface area contributed by atoms with E-state index < -0.39 is 24.0 Å². The van der Waals surface area contributed by atoms with E-state index in [1.165, 1.54) is 0 Å². The normalized spacial score (nSPS) is 49.5. The Morgan fingerprint density at radius 3 is 2.22 bits per heavy atom. The van der Waals surface area contributed by atoms with Crippen LogP contribution in [0.2, 0.25) is 0 Å². The Hall–Kier alpha value is -0.240. The molecule has 3 aliphatic heterocycles. The summed E-state index contributed by atoms with van der Waals surface area (Å²) in [6, 6.07) is 0. The molecule has 0 radical (unpaired) electrons. The Morgan fingerprint density at radius 1 is 0.889 bits per heavy atom. The Labute approximate surface area is 106 Å². The molecule has 104 valence electrons. The number of aliphatic hydroxyl groups excluding tert-OH is 1. The smallest absolute Gasteiger partial charge is 0.184 e. The van der Waals surface area contributed by atoms with Gasteiger partial charge in [-0.3, -0.25) is 0 Å². The summed E-state index contributed by atoms with van der Waals surface area (Å²) in [6.07, 6.45) is -2.48. The first-order valence-corrected chi connectivity index (χ1v) is 6.28. The molecule has 5 atom stereocenters. The van der Waals surface area contributed by atoms with E-state index in [4.69, 9.17) is 23.7 Å². The first-order chi connectivity index (χ1) is 8.27. The molecule has 3 fully saturated rings. The van der Waals surface area contributed by atoms with Crippen molar-refractivity contribution in [2.45, 2.75) is 70.0 Å². The predicted octanol–water partition coefficient (Wildman–Crippen LogP) is 0.375. The van der Waals surface area contributed by atoms with Gasteiger partial charge in [0.15, 0.2) is 17.9 Å². The second-order valence-electron chi connectivity index (χ2n) is 5.92. The zero-order chi connectivity index (χ0) is 13.1. The molecule has 6 heteroatoms. The molecule has 3 saturated heterocycles. The fraction of sp³-hybridized carbons (Fsp3) is 1.00. The molecule has 0 aromatic carbocycles. The van der Waals surface area contributed by atoms with Gasteiger partial charge in [0.1, 0.15) is 24.4 Å². The van der Waals surface area contributed by atoms with Crippen molar-refractivity contribution in [1.29, 1.82) is 0 Å². The first kappa shape index (κ1) is 12.8. The van der Waals surface area contributed by atoms with Crippen LogP contribution in [-0.4, -0.2) is 54.0 Å². The molecule has 18 heavy (non-hydrogen) atoms. The largest absolute Gasteiger partial charge is 0.366 e. The SMILES string of the molecule is CC1(C)OCC2OC(O)C3OC(C)(C)OC3C2O1. The summed E-state index contributed by atoms with van der Waals surface area (Å²) in [5, 5.41) is 9.94. The maximum absolute atomic E-state index is 9.94. The highest BCUT2D eigenvalue weighted by atomic mass is 16.8. The van der Waals surface area contributed by atoms with E-state index in [1.807, 2.05) is 27.7 Å². The molecule has 0 saturated carbocycles. The van der Waals surface area contributed by atoms with E-state index in [1.54, 1.807) is 0 Å². The number of rotatable bonds is 0. The van der Waals surface area contributed by atoms with Gasteiger partial charge in [-0.05, 0) is 27.7 Å². The van der Waals surface area contributed by atoms with Gasteiger partial charge in [0.05, 0.1) is 6.61 Å². The highest BCUT2D eigenvalue weighted by Crippen LogP contribution is 2.41. The molecule has 0 spiro atoms. The van der Waals surface area contributed by atoms with Gasteiger partial charge >= 0.3 is 0 Å². The molecule has 0 bridgehead atoms. The van der Waals surface area contributed by atoms with E-state index in [-0.39, 0.29) is 18.3 Å².